The lowest BCUT2D eigenvalue weighted by atomic mass is 9.91. The van der Waals surface area contributed by atoms with Crippen LogP contribution in [0.4, 0.5) is 0 Å². The van der Waals surface area contributed by atoms with Crippen LogP contribution in [0.5, 0.6) is 0 Å². The van der Waals surface area contributed by atoms with Crippen molar-refractivity contribution in [1.82, 2.24) is 4.31 Å². The van der Waals surface area contributed by atoms with Gasteiger partial charge in [-0.2, -0.15) is 4.31 Å². The molecule has 2 aliphatic rings. The van der Waals surface area contributed by atoms with Gasteiger partial charge >= 0.3 is 5.97 Å². The summed E-state index contributed by atoms with van der Waals surface area (Å²) in [5.41, 5.74) is 0. The predicted octanol–water partition coefficient (Wildman–Crippen LogP) is 1.92. The lowest BCUT2D eigenvalue weighted by Crippen LogP contribution is -2.41. The van der Waals surface area contributed by atoms with Crippen molar-refractivity contribution < 1.29 is 17.9 Å². The number of nitrogens with zero attached hydrogens (tertiary/aromatic N) is 1. The minimum Gasteiger partial charge on any atom is -0.465 e. The van der Waals surface area contributed by atoms with Crippen LogP contribution in [-0.4, -0.2) is 43.6 Å². The Morgan fingerprint density at radius 3 is 2.35 bits per heavy atom. The molecular formula is C14H25NO4S. The molecular weight excluding hydrogens is 278 g/mol. The molecule has 0 aromatic heterocycles. The number of ether oxygens (including phenoxy) is 1. The molecule has 2 fully saturated rings. The van der Waals surface area contributed by atoms with Gasteiger partial charge in [0, 0.05) is 6.04 Å². The minimum absolute atomic E-state index is 0.0213. The SMILES string of the molecule is CCOC(=O)CN(C1CC1)S(=O)(=O)CC1CCCCC1. The van der Waals surface area contributed by atoms with Gasteiger partial charge in [-0.25, -0.2) is 8.42 Å². The lowest BCUT2D eigenvalue weighted by molar-refractivity contribution is -0.143. The maximum atomic E-state index is 12.5. The molecule has 0 amide bonds. The monoisotopic (exact) mass is 303 g/mol. The second-order valence-electron chi connectivity index (χ2n) is 5.86. The predicted molar refractivity (Wildman–Crippen MR) is 76.7 cm³/mol. The molecule has 2 saturated carbocycles. The molecule has 0 bridgehead atoms. The highest BCUT2D eigenvalue weighted by atomic mass is 32.2. The fourth-order valence-corrected chi connectivity index (χ4v) is 4.99. The number of hydrogen-bond donors (Lipinski definition) is 0. The summed E-state index contributed by atoms with van der Waals surface area (Å²) in [7, 11) is -3.34. The summed E-state index contributed by atoms with van der Waals surface area (Å²) in [4.78, 5) is 11.6. The molecule has 0 unspecified atom stereocenters. The van der Waals surface area contributed by atoms with Crippen LogP contribution in [0, 0.1) is 5.92 Å². The zero-order valence-corrected chi connectivity index (χ0v) is 13.0. The van der Waals surface area contributed by atoms with Gasteiger partial charge in [-0.15, -0.1) is 0 Å². The fourth-order valence-electron chi connectivity index (χ4n) is 2.90. The summed E-state index contributed by atoms with van der Waals surface area (Å²) in [5.74, 6) is 0.0203. The summed E-state index contributed by atoms with van der Waals surface area (Å²) in [6.45, 7) is 1.91. The Labute approximate surface area is 121 Å². The van der Waals surface area contributed by atoms with Crippen molar-refractivity contribution in [3.63, 3.8) is 0 Å². The molecule has 0 heterocycles. The van der Waals surface area contributed by atoms with Crippen molar-refractivity contribution in [2.75, 3.05) is 18.9 Å². The van der Waals surface area contributed by atoms with Gasteiger partial charge in [0.2, 0.25) is 10.0 Å². The summed E-state index contributed by atoms with van der Waals surface area (Å²) in [6, 6.07) is 0.0213. The van der Waals surface area contributed by atoms with E-state index in [0.29, 0.717) is 6.61 Å². The molecule has 116 valence electrons. The van der Waals surface area contributed by atoms with E-state index in [9.17, 15) is 13.2 Å². The van der Waals surface area contributed by atoms with Gasteiger partial charge in [-0.05, 0) is 38.5 Å². The molecule has 0 atom stereocenters. The summed E-state index contributed by atoms with van der Waals surface area (Å²) >= 11 is 0. The molecule has 2 rings (SSSR count). The van der Waals surface area contributed by atoms with Crippen LogP contribution >= 0.6 is 0 Å². The number of carbonyl (C=O) groups excluding carboxylic acids is 1. The highest BCUT2D eigenvalue weighted by Crippen LogP contribution is 2.32. The topological polar surface area (TPSA) is 63.7 Å². The lowest BCUT2D eigenvalue weighted by Gasteiger charge is -2.26. The Morgan fingerprint density at radius 1 is 1.15 bits per heavy atom. The number of esters is 1. The number of carbonyl (C=O) groups is 1. The van der Waals surface area contributed by atoms with E-state index >= 15 is 0 Å². The molecule has 2 aliphatic carbocycles. The van der Waals surface area contributed by atoms with Crippen molar-refractivity contribution in [2.45, 2.75) is 57.9 Å². The van der Waals surface area contributed by atoms with Crippen LogP contribution in [0.3, 0.4) is 0 Å². The Hall–Kier alpha value is -0.620. The number of sulfonamides is 1. The zero-order chi connectivity index (χ0) is 14.6. The maximum absolute atomic E-state index is 12.5. The van der Waals surface area contributed by atoms with Crippen molar-refractivity contribution >= 4 is 16.0 Å². The molecule has 0 aliphatic heterocycles. The average Bonchev–Trinajstić information content (AvgIpc) is 3.21. The van der Waals surface area contributed by atoms with Crippen LogP contribution in [0.25, 0.3) is 0 Å². The van der Waals surface area contributed by atoms with Crippen LogP contribution < -0.4 is 0 Å². The van der Waals surface area contributed by atoms with Crippen LogP contribution in [0.2, 0.25) is 0 Å². The molecule has 0 aromatic carbocycles. The number of hydrogen-bond acceptors (Lipinski definition) is 4. The fraction of sp³-hybridized carbons (Fsp3) is 0.929. The molecule has 0 saturated heterocycles. The second kappa shape index (κ2) is 6.89. The first kappa shape index (κ1) is 15.8. The first-order valence-corrected chi connectivity index (χ1v) is 9.29. The van der Waals surface area contributed by atoms with E-state index in [2.05, 4.69) is 0 Å². The van der Waals surface area contributed by atoms with E-state index in [-0.39, 0.29) is 24.3 Å². The average molecular weight is 303 g/mol. The van der Waals surface area contributed by atoms with Crippen LogP contribution in [-0.2, 0) is 19.6 Å². The largest absolute Gasteiger partial charge is 0.465 e. The third kappa shape index (κ3) is 4.45. The van der Waals surface area contributed by atoms with E-state index < -0.39 is 16.0 Å². The van der Waals surface area contributed by atoms with Crippen molar-refractivity contribution in [3.8, 4) is 0 Å². The van der Waals surface area contributed by atoms with Gasteiger partial charge < -0.3 is 4.74 Å². The Kier molecular flexibility index (Phi) is 5.43. The summed E-state index contributed by atoms with van der Waals surface area (Å²) < 4.78 is 31.4. The molecule has 0 spiro atoms. The van der Waals surface area contributed by atoms with E-state index in [1.807, 2.05) is 0 Å². The van der Waals surface area contributed by atoms with Gasteiger partial charge in [0.15, 0.2) is 0 Å². The van der Waals surface area contributed by atoms with Crippen molar-refractivity contribution in [1.29, 1.82) is 0 Å². The minimum atomic E-state index is -3.34. The highest BCUT2D eigenvalue weighted by molar-refractivity contribution is 7.89. The molecule has 20 heavy (non-hydrogen) atoms. The maximum Gasteiger partial charge on any atom is 0.321 e. The van der Waals surface area contributed by atoms with Gasteiger partial charge in [0.05, 0.1) is 12.4 Å². The highest BCUT2D eigenvalue weighted by Gasteiger charge is 2.39. The third-order valence-electron chi connectivity index (χ3n) is 4.07. The van der Waals surface area contributed by atoms with E-state index in [1.54, 1.807) is 6.92 Å². The van der Waals surface area contributed by atoms with Gasteiger partial charge in [0.1, 0.15) is 6.54 Å². The molecule has 0 N–H and O–H groups in total. The van der Waals surface area contributed by atoms with Gasteiger partial charge in [-0.1, -0.05) is 19.3 Å². The van der Waals surface area contributed by atoms with E-state index in [0.717, 1.165) is 38.5 Å². The summed E-state index contributed by atoms with van der Waals surface area (Å²) in [6.07, 6.45) is 7.19. The quantitative estimate of drug-likeness (QED) is 0.674. The Bertz CT molecular complexity index is 424. The molecule has 0 aromatic rings. The smallest absolute Gasteiger partial charge is 0.321 e. The van der Waals surface area contributed by atoms with E-state index in [1.165, 1.54) is 10.7 Å². The first-order chi connectivity index (χ1) is 9.53. The second-order valence-corrected chi connectivity index (χ2v) is 7.83. The van der Waals surface area contributed by atoms with Crippen molar-refractivity contribution in [3.05, 3.63) is 0 Å². The zero-order valence-electron chi connectivity index (χ0n) is 12.2. The standard InChI is InChI=1S/C14H25NO4S/c1-2-19-14(16)10-15(13-8-9-13)20(17,18)11-12-6-4-3-5-7-12/h12-13H,2-11H2,1H3. The van der Waals surface area contributed by atoms with Crippen LogP contribution in [0.15, 0.2) is 0 Å². The first-order valence-electron chi connectivity index (χ1n) is 7.68. The normalized spacial score (nSPS) is 21.1. The van der Waals surface area contributed by atoms with Gasteiger partial charge in [0.25, 0.3) is 0 Å². The van der Waals surface area contributed by atoms with E-state index in [4.69, 9.17) is 4.74 Å². The summed E-state index contributed by atoms with van der Waals surface area (Å²) in [5, 5.41) is 0. The molecule has 6 heteroatoms. The van der Waals surface area contributed by atoms with Crippen LogP contribution in [0.1, 0.15) is 51.9 Å². The molecule has 0 radical (unpaired) electrons. The van der Waals surface area contributed by atoms with Crippen molar-refractivity contribution in [2.24, 2.45) is 5.92 Å². The third-order valence-corrected chi connectivity index (χ3v) is 6.11. The Balaban J connectivity index is 1.97. The van der Waals surface area contributed by atoms with Gasteiger partial charge in [-0.3, -0.25) is 4.79 Å². The molecule has 5 nitrogen and oxygen atoms in total. The number of rotatable bonds is 7. The Morgan fingerprint density at radius 2 is 1.80 bits per heavy atom.